The van der Waals surface area contributed by atoms with E-state index in [-0.39, 0.29) is 17.5 Å². The van der Waals surface area contributed by atoms with Gasteiger partial charge in [-0.2, -0.15) is 0 Å². The van der Waals surface area contributed by atoms with Crippen LogP contribution in [0.3, 0.4) is 0 Å². The van der Waals surface area contributed by atoms with Crippen LogP contribution in [0, 0.1) is 6.92 Å². The number of rotatable bonds is 6. The largest absolute Gasteiger partial charge is 0.494 e. The minimum Gasteiger partial charge on any atom is -0.494 e. The van der Waals surface area contributed by atoms with E-state index in [1.54, 1.807) is 23.3 Å². The minimum atomic E-state index is -0.668. The van der Waals surface area contributed by atoms with E-state index in [2.05, 4.69) is 25.4 Å². The third kappa shape index (κ3) is 5.50. The number of aromatic nitrogens is 4. The van der Waals surface area contributed by atoms with Gasteiger partial charge in [0.1, 0.15) is 28.6 Å². The zero-order valence-corrected chi connectivity index (χ0v) is 22.7. The number of carbonyl (C=O) groups is 2. The van der Waals surface area contributed by atoms with Crippen LogP contribution in [-0.2, 0) is 4.74 Å². The molecule has 0 bridgehead atoms. The topological polar surface area (TPSA) is 140 Å². The lowest BCUT2D eigenvalue weighted by molar-refractivity contribution is 0.0240. The number of anilines is 3. The Labute approximate surface area is 219 Å². The molecule has 37 heavy (non-hydrogen) atoms. The fraction of sp³-hybridized carbons (Fsp3) is 0.458. The van der Waals surface area contributed by atoms with Gasteiger partial charge < -0.3 is 30.3 Å². The van der Waals surface area contributed by atoms with E-state index in [4.69, 9.17) is 15.2 Å². The number of primary amides is 1. The van der Waals surface area contributed by atoms with Crippen LogP contribution in [0.4, 0.5) is 22.0 Å². The van der Waals surface area contributed by atoms with Gasteiger partial charge in [-0.05, 0) is 46.1 Å². The molecule has 1 aliphatic heterocycles. The number of methoxy groups -OCH3 is 1. The number of thioether (sulfide) groups is 1. The lowest BCUT2D eigenvalue weighted by atomic mass is 10.2. The highest BCUT2D eigenvalue weighted by atomic mass is 32.2. The molecule has 0 spiro atoms. The van der Waals surface area contributed by atoms with Crippen molar-refractivity contribution in [1.82, 2.24) is 24.5 Å². The Bertz CT molecular complexity index is 1330. The van der Waals surface area contributed by atoms with Crippen molar-refractivity contribution in [2.45, 2.75) is 38.5 Å². The fourth-order valence-corrected chi connectivity index (χ4v) is 4.68. The summed E-state index contributed by atoms with van der Waals surface area (Å²) in [6.07, 6.45) is 1.58. The summed E-state index contributed by atoms with van der Waals surface area (Å²) >= 11 is 1.40. The number of nitrogens with zero attached hydrogens (tertiary/aromatic N) is 6. The number of carbonyl (C=O) groups excluding carboxylic acids is 2. The van der Waals surface area contributed by atoms with Crippen molar-refractivity contribution >= 4 is 46.6 Å². The molecule has 3 aromatic rings. The third-order valence-electron chi connectivity index (χ3n) is 5.85. The van der Waals surface area contributed by atoms with Crippen molar-refractivity contribution in [3.8, 4) is 5.75 Å². The maximum atomic E-state index is 12.4. The van der Waals surface area contributed by atoms with Crippen LogP contribution in [0.1, 0.15) is 37.0 Å². The van der Waals surface area contributed by atoms with E-state index in [0.717, 1.165) is 5.69 Å². The highest BCUT2D eigenvalue weighted by Crippen LogP contribution is 2.34. The van der Waals surface area contributed by atoms with Gasteiger partial charge >= 0.3 is 6.09 Å². The predicted octanol–water partition coefficient (Wildman–Crippen LogP) is 3.06. The minimum absolute atomic E-state index is 0.141. The summed E-state index contributed by atoms with van der Waals surface area (Å²) in [4.78, 5) is 33.3. The van der Waals surface area contributed by atoms with Crippen molar-refractivity contribution in [2.24, 2.45) is 5.73 Å². The van der Waals surface area contributed by atoms with E-state index < -0.39 is 11.5 Å². The van der Waals surface area contributed by atoms with E-state index in [1.807, 2.05) is 45.2 Å². The summed E-state index contributed by atoms with van der Waals surface area (Å²) in [6.45, 7) is 9.78. The summed E-state index contributed by atoms with van der Waals surface area (Å²) in [5, 5.41) is 12.1. The number of hydrogen-bond donors (Lipinski definition) is 2. The number of amides is 2. The second kappa shape index (κ2) is 10.3. The van der Waals surface area contributed by atoms with Gasteiger partial charge in [-0.15, -0.1) is 10.2 Å². The highest BCUT2D eigenvalue weighted by molar-refractivity contribution is 7.98. The van der Waals surface area contributed by atoms with Crippen LogP contribution in [0.5, 0.6) is 5.75 Å². The van der Waals surface area contributed by atoms with Gasteiger partial charge in [-0.25, -0.2) is 9.78 Å². The molecule has 4 rings (SSSR count). The molecule has 1 fully saturated rings. The Morgan fingerprint density at radius 3 is 2.43 bits per heavy atom. The molecule has 13 heteroatoms. The number of fused-ring (bicyclic) bond motifs is 1. The van der Waals surface area contributed by atoms with Crippen LogP contribution in [0.2, 0.25) is 0 Å². The van der Waals surface area contributed by atoms with Crippen LogP contribution in [-0.4, -0.2) is 81.6 Å². The SMILES string of the molecule is COc1cc(N2CCN(C(=O)OC(C)(C)C)CC2)ccc1Nc1nc(SC)n2c(C)nnc2c1C(N)=O. The van der Waals surface area contributed by atoms with Gasteiger partial charge in [0.05, 0.1) is 12.8 Å². The van der Waals surface area contributed by atoms with Crippen LogP contribution in [0.25, 0.3) is 5.65 Å². The molecule has 3 N–H and O–H groups in total. The van der Waals surface area contributed by atoms with E-state index in [9.17, 15) is 9.59 Å². The molecule has 198 valence electrons. The summed E-state index contributed by atoms with van der Waals surface area (Å²) in [5.74, 6) is 0.773. The summed E-state index contributed by atoms with van der Waals surface area (Å²) < 4.78 is 12.8. The molecule has 0 unspecified atom stereocenters. The summed E-state index contributed by atoms with van der Waals surface area (Å²) in [7, 11) is 1.57. The number of aryl methyl sites for hydroxylation is 1. The van der Waals surface area contributed by atoms with Crippen LogP contribution in [0.15, 0.2) is 23.4 Å². The lowest BCUT2D eigenvalue weighted by Gasteiger charge is -2.37. The quantitative estimate of drug-likeness (QED) is 0.362. The first kappa shape index (κ1) is 26.3. The Hall–Kier alpha value is -3.74. The second-order valence-corrected chi connectivity index (χ2v) is 10.3. The zero-order valence-electron chi connectivity index (χ0n) is 21.9. The smallest absolute Gasteiger partial charge is 0.410 e. The molecular weight excluding hydrogens is 496 g/mol. The average Bonchev–Trinajstić information content (AvgIpc) is 3.23. The first-order valence-corrected chi connectivity index (χ1v) is 13.0. The van der Waals surface area contributed by atoms with Crippen molar-refractivity contribution < 1.29 is 19.1 Å². The maximum Gasteiger partial charge on any atom is 0.410 e. The van der Waals surface area contributed by atoms with E-state index in [1.165, 1.54) is 11.8 Å². The highest BCUT2D eigenvalue weighted by Gasteiger charge is 2.27. The molecule has 3 heterocycles. The Kier molecular flexibility index (Phi) is 7.35. The number of hydrogen-bond acceptors (Lipinski definition) is 10. The van der Waals surface area contributed by atoms with Gasteiger partial charge in [-0.1, -0.05) is 11.8 Å². The molecule has 0 radical (unpaired) electrons. The van der Waals surface area contributed by atoms with E-state index >= 15 is 0 Å². The van der Waals surface area contributed by atoms with Crippen LogP contribution < -0.4 is 20.7 Å². The Balaban J connectivity index is 1.57. The van der Waals surface area contributed by atoms with Gasteiger partial charge in [0.15, 0.2) is 10.8 Å². The monoisotopic (exact) mass is 528 g/mol. The van der Waals surface area contributed by atoms with Crippen molar-refractivity contribution in [3.63, 3.8) is 0 Å². The van der Waals surface area contributed by atoms with Gasteiger partial charge in [0.25, 0.3) is 5.91 Å². The molecule has 0 saturated carbocycles. The van der Waals surface area contributed by atoms with Crippen molar-refractivity contribution in [1.29, 1.82) is 0 Å². The first-order chi connectivity index (χ1) is 17.5. The van der Waals surface area contributed by atoms with E-state index in [0.29, 0.717) is 54.2 Å². The molecule has 2 aromatic heterocycles. The van der Waals surface area contributed by atoms with Gasteiger partial charge in [-0.3, -0.25) is 9.20 Å². The summed E-state index contributed by atoms with van der Waals surface area (Å²) in [5.41, 5.74) is 7.22. The third-order valence-corrected chi connectivity index (χ3v) is 6.49. The van der Waals surface area contributed by atoms with Gasteiger partial charge in [0, 0.05) is 37.9 Å². The molecule has 0 aliphatic carbocycles. The molecular formula is C24H32N8O4S. The predicted molar refractivity (Wildman–Crippen MR) is 142 cm³/mol. The lowest BCUT2D eigenvalue weighted by Crippen LogP contribution is -2.50. The standard InChI is InChI=1S/C24H32N8O4S/c1-14-28-29-21-18(19(25)33)20(27-22(37-6)32(14)21)26-16-8-7-15(13-17(16)35-5)30-9-11-31(12-10-30)23(34)36-24(2,3)4/h7-8,13,26H,9-12H2,1-6H3,(H2,25,33). The number of nitrogens with one attached hydrogen (secondary N) is 1. The van der Waals surface area contributed by atoms with Crippen molar-refractivity contribution in [2.75, 3.05) is 49.8 Å². The summed E-state index contributed by atoms with van der Waals surface area (Å²) in [6, 6.07) is 5.72. The van der Waals surface area contributed by atoms with Gasteiger partial charge in [0.2, 0.25) is 0 Å². The molecule has 0 atom stereocenters. The maximum absolute atomic E-state index is 12.4. The molecule has 12 nitrogen and oxygen atoms in total. The number of piperazine rings is 1. The van der Waals surface area contributed by atoms with Crippen LogP contribution >= 0.6 is 11.8 Å². The number of ether oxygens (including phenoxy) is 2. The second-order valence-electron chi connectivity index (χ2n) is 9.56. The Morgan fingerprint density at radius 1 is 1.14 bits per heavy atom. The number of nitrogens with two attached hydrogens (primary N) is 1. The number of benzene rings is 1. The Morgan fingerprint density at radius 2 is 1.84 bits per heavy atom. The molecule has 1 saturated heterocycles. The normalized spacial score (nSPS) is 14.1. The molecule has 2 amide bonds. The zero-order chi connectivity index (χ0) is 26.9. The average molecular weight is 529 g/mol. The molecule has 1 aliphatic rings. The molecule has 1 aromatic carbocycles. The fourth-order valence-electron chi connectivity index (χ4n) is 4.10. The van der Waals surface area contributed by atoms with Crippen molar-refractivity contribution in [3.05, 3.63) is 29.6 Å². The first-order valence-electron chi connectivity index (χ1n) is 11.8.